The molecule has 6 heteroatoms. The van der Waals surface area contributed by atoms with Crippen molar-refractivity contribution >= 4 is 5.91 Å². The fourth-order valence-corrected chi connectivity index (χ4v) is 1.71. The van der Waals surface area contributed by atoms with Gasteiger partial charge in [-0.3, -0.25) is 9.59 Å². The molecule has 2 aromatic rings. The van der Waals surface area contributed by atoms with Crippen molar-refractivity contribution in [2.45, 2.75) is 13.5 Å². The second-order valence-corrected chi connectivity index (χ2v) is 4.31. The van der Waals surface area contributed by atoms with Gasteiger partial charge in [0.2, 0.25) is 0 Å². The number of pyridine rings is 1. The molecule has 100 valence electrons. The molecule has 0 saturated carbocycles. The first kappa shape index (κ1) is 13.1. The maximum atomic E-state index is 11.9. The molecule has 0 aliphatic heterocycles. The van der Waals surface area contributed by atoms with Crippen LogP contribution >= 0.6 is 0 Å². The van der Waals surface area contributed by atoms with Crippen molar-refractivity contribution < 1.29 is 4.79 Å². The molecule has 2 heterocycles. The van der Waals surface area contributed by atoms with Crippen molar-refractivity contribution in [2.75, 3.05) is 6.54 Å². The Morgan fingerprint density at radius 3 is 2.89 bits per heavy atom. The Morgan fingerprint density at radius 2 is 2.21 bits per heavy atom. The summed E-state index contributed by atoms with van der Waals surface area (Å²) in [6.45, 7) is 2.90. The molecule has 1 amide bonds. The quantitative estimate of drug-likeness (QED) is 0.860. The van der Waals surface area contributed by atoms with Crippen molar-refractivity contribution in [2.24, 2.45) is 7.05 Å². The summed E-state index contributed by atoms with van der Waals surface area (Å²) in [6, 6.07) is 3.32. The summed E-state index contributed by atoms with van der Waals surface area (Å²) in [7, 11) is 1.65. The fourth-order valence-electron chi connectivity index (χ4n) is 1.71. The lowest BCUT2D eigenvalue weighted by atomic mass is 10.2. The third-order valence-corrected chi connectivity index (χ3v) is 3.01. The Bertz CT molecular complexity index is 629. The van der Waals surface area contributed by atoms with Gasteiger partial charge in [-0.2, -0.15) is 0 Å². The van der Waals surface area contributed by atoms with E-state index < -0.39 is 0 Å². The van der Waals surface area contributed by atoms with Gasteiger partial charge in [-0.05, 0) is 19.1 Å². The van der Waals surface area contributed by atoms with Gasteiger partial charge >= 0.3 is 0 Å². The number of amides is 1. The number of nitrogens with zero attached hydrogens (tertiary/aromatic N) is 3. The average Bonchev–Trinajstić information content (AvgIpc) is 2.89. The van der Waals surface area contributed by atoms with Crippen LogP contribution in [0.4, 0.5) is 0 Å². The highest BCUT2D eigenvalue weighted by molar-refractivity contribution is 5.93. The number of carbonyl (C=O) groups excluding carboxylic acids is 1. The number of aromatic nitrogens is 3. The van der Waals surface area contributed by atoms with E-state index in [4.69, 9.17) is 0 Å². The normalized spacial score (nSPS) is 10.4. The van der Waals surface area contributed by atoms with E-state index >= 15 is 0 Å². The lowest BCUT2D eigenvalue weighted by Crippen LogP contribution is -2.34. The van der Waals surface area contributed by atoms with Gasteiger partial charge in [0.05, 0.1) is 6.33 Å². The van der Waals surface area contributed by atoms with Gasteiger partial charge in [0.25, 0.3) is 11.5 Å². The van der Waals surface area contributed by atoms with E-state index in [1.54, 1.807) is 31.7 Å². The van der Waals surface area contributed by atoms with Crippen molar-refractivity contribution in [3.05, 3.63) is 52.5 Å². The van der Waals surface area contributed by atoms with Crippen molar-refractivity contribution in [1.82, 2.24) is 19.4 Å². The largest absolute Gasteiger partial charge is 0.350 e. The van der Waals surface area contributed by atoms with E-state index in [9.17, 15) is 9.59 Å². The first-order valence-electron chi connectivity index (χ1n) is 6.00. The molecule has 1 N–H and O–H groups in total. The van der Waals surface area contributed by atoms with E-state index in [0.29, 0.717) is 13.1 Å². The first-order chi connectivity index (χ1) is 9.09. The lowest BCUT2D eigenvalue weighted by molar-refractivity contribution is 0.0950. The molecule has 2 aromatic heterocycles. The Morgan fingerprint density at radius 1 is 1.42 bits per heavy atom. The Kier molecular flexibility index (Phi) is 3.79. The number of hydrogen-bond acceptors (Lipinski definition) is 3. The molecule has 0 aromatic carbocycles. The number of hydrogen-bond donors (Lipinski definition) is 1. The summed E-state index contributed by atoms with van der Waals surface area (Å²) in [5.41, 5.74) is 0.707. The van der Waals surface area contributed by atoms with Crippen LogP contribution in [-0.2, 0) is 13.6 Å². The van der Waals surface area contributed by atoms with Crippen LogP contribution in [0.3, 0.4) is 0 Å². The molecule has 2 rings (SSSR count). The summed E-state index contributed by atoms with van der Waals surface area (Å²) >= 11 is 0. The molecule has 0 aliphatic carbocycles. The molecule has 0 saturated heterocycles. The molecular formula is C13H16N4O2. The summed E-state index contributed by atoms with van der Waals surface area (Å²) in [4.78, 5) is 27.7. The summed E-state index contributed by atoms with van der Waals surface area (Å²) in [5, 5.41) is 2.72. The number of nitrogens with one attached hydrogen (secondary N) is 1. The van der Waals surface area contributed by atoms with Crippen molar-refractivity contribution in [1.29, 1.82) is 0 Å². The van der Waals surface area contributed by atoms with Gasteiger partial charge in [0.1, 0.15) is 5.56 Å². The van der Waals surface area contributed by atoms with Crippen LogP contribution in [0.2, 0.25) is 0 Å². The maximum Gasteiger partial charge on any atom is 0.263 e. The third kappa shape index (κ3) is 2.90. The number of imidazole rings is 1. The zero-order valence-corrected chi connectivity index (χ0v) is 11.0. The zero-order chi connectivity index (χ0) is 13.8. The SMILES string of the molecule is Cc1ccc(C(=O)NCCn2ccnc2)c(=O)n1C. The Labute approximate surface area is 110 Å². The van der Waals surface area contributed by atoms with Crippen molar-refractivity contribution in [3.63, 3.8) is 0 Å². The first-order valence-corrected chi connectivity index (χ1v) is 6.00. The predicted molar refractivity (Wildman–Crippen MR) is 71.0 cm³/mol. The molecule has 0 atom stereocenters. The van der Waals surface area contributed by atoms with E-state index in [1.807, 2.05) is 17.7 Å². The highest BCUT2D eigenvalue weighted by Gasteiger charge is 2.11. The average molecular weight is 260 g/mol. The van der Waals surface area contributed by atoms with Crippen LogP contribution < -0.4 is 10.9 Å². The standard InChI is InChI=1S/C13H16N4O2/c1-10-3-4-11(13(19)16(10)2)12(18)15-6-8-17-7-5-14-9-17/h3-5,7,9H,6,8H2,1-2H3,(H,15,18). The molecule has 0 spiro atoms. The molecule has 0 radical (unpaired) electrons. The minimum atomic E-state index is -0.347. The molecule has 0 unspecified atom stereocenters. The topological polar surface area (TPSA) is 68.9 Å². The fraction of sp³-hybridized carbons (Fsp3) is 0.308. The highest BCUT2D eigenvalue weighted by atomic mass is 16.2. The lowest BCUT2D eigenvalue weighted by Gasteiger charge is -2.08. The summed E-state index contributed by atoms with van der Waals surface area (Å²) in [6.07, 6.45) is 5.17. The molecule has 0 bridgehead atoms. The minimum absolute atomic E-state index is 0.165. The number of rotatable bonds is 4. The van der Waals surface area contributed by atoms with Crippen LogP contribution in [0, 0.1) is 6.92 Å². The smallest absolute Gasteiger partial charge is 0.263 e. The van der Waals surface area contributed by atoms with Crippen LogP contribution in [0.25, 0.3) is 0 Å². The molecule has 0 fully saturated rings. The van der Waals surface area contributed by atoms with Gasteiger partial charge in [-0.1, -0.05) is 0 Å². The van der Waals surface area contributed by atoms with Gasteiger partial charge < -0.3 is 14.5 Å². The monoisotopic (exact) mass is 260 g/mol. The van der Waals surface area contributed by atoms with Gasteiger partial charge in [-0.25, -0.2) is 4.98 Å². The second-order valence-electron chi connectivity index (χ2n) is 4.31. The van der Waals surface area contributed by atoms with Crippen LogP contribution in [0.1, 0.15) is 16.1 Å². The predicted octanol–water partition coefficient (Wildman–Crippen LogP) is 0.320. The third-order valence-electron chi connectivity index (χ3n) is 3.01. The maximum absolute atomic E-state index is 11.9. The van der Waals surface area contributed by atoms with Gasteiger partial charge in [0.15, 0.2) is 0 Å². The van der Waals surface area contributed by atoms with E-state index in [-0.39, 0.29) is 17.0 Å². The number of carbonyl (C=O) groups is 1. The van der Waals surface area contributed by atoms with Crippen LogP contribution in [0.5, 0.6) is 0 Å². The highest BCUT2D eigenvalue weighted by Crippen LogP contribution is 1.96. The molecule has 19 heavy (non-hydrogen) atoms. The van der Waals surface area contributed by atoms with Gasteiger partial charge in [-0.15, -0.1) is 0 Å². The summed E-state index contributed by atoms with van der Waals surface area (Å²) in [5.74, 6) is -0.347. The Balaban J connectivity index is 2.00. The molecule has 6 nitrogen and oxygen atoms in total. The molecular weight excluding hydrogens is 244 g/mol. The van der Waals surface area contributed by atoms with E-state index in [0.717, 1.165) is 5.69 Å². The van der Waals surface area contributed by atoms with E-state index in [1.165, 1.54) is 4.57 Å². The Hall–Kier alpha value is -2.37. The van der Waals surface area contributed by atoms with Crippen LogP contribution in [0.15, 0.2) is 35.6 Å². The zero-order valence-electron chi connectivity index (χ0n) is 11.0. The van der Waals surface area contributed by atoms with Gasteiger partial charge in [0, 0.05) is 38.2 Å². The van der Waals surface area contributed by atoms with Crippen LogP contribution in [-0.4, -0.2) is 26.6 Å². The molecule has 0 aliphatic rings. The summed E-state index contributed by atoms with van der Waals surface area (Å²) < 4.78 is 3.32. The van der Waals surface area contributed by atoms with E-state index in [2.05, 4.69) is 10.3 Å². The van der Waals surface area contributed by atoms with Crippen molar-refractivity contribution in [3.8, 4) is 0 Å². The second kappa shape index (κ2) is 5.51. The minimum Gasteiger partial charge on any atom is -0.350 e. The number of aryl methyl sites for hydroxylation is 1.